The Kier molecular flexibility index (Phi) is 6.65. The minimum Gasteiger partial charge on any atom is -0.495 e. The molecule has 5 heteroatoms. The lowest BCUT2D eigenvalue weighted by Gasteiger charge is -2.28. The third-order valence-corrected chi connectivity index (χ3v) is 3.01. The third-order valence-electron chi connectivity index (χ3n) is 3.01. The molecule has 0 bridgehead atoms. The maximum absolute atomic E-state index is 11.9. The van der Waals surface area contributed by atoms with Gasteiger partial charge in [0.1, 0.15) is 5.75 Å². The number of carbonyl (C=O) groups is 1. The average Bonchev–Trinajstić information content (AvgIpc) is 2.37. The first-order valence-corrected chi connectivity index (χ1v) is 7.12. The number of methoxy groups -OCH3 is 1. The summed E-state index contributed by atoms with van der Waals surface area (Å²) in [6.45, 7) is 6.39. The number of anilines is 1. The van der Waals surface area contributed by atoms with Crippen molar-refractivity contribution in [3.05, 3.63) is 24.3 Å². The van der Waals surface area contributed by atoms with E-state index in [9.17, 15) is 4.79 Å². The molecule has 2 N–H and O–H groups in total. The zero-order valence-electron chi connectivity index (χ0n) is 13.7. The Hall–Kier alpha value is -1.59. The van der Waals surface area contributed by atoms with Crippen LogP contribution < -0.4 is 15.4 Å². The summed E-state index contributed by atoms with van der Waals surface area (Å²) in [7, 11) is 5.69. The summed E-state index contributed by atoms with van der Waals surface area (Å²) >= 11 is 0. The van der Waals surface area contributed by atoms with Gasteiger partial charge in [0, 0.05) is 13.1 Å². The van der Waals surface area contributed by atoms with Gasteiger partial charge >= 0.3 is 0 Å². The van der Waals surface area contributed by atoms with Crippen LogP contribution in [0.4, 0.5) is 5.69 Å². The van der Waals surface area contributed by atoms with Crippen molar-refractivity contribution >= 4 is 11.6 Å². The van der Waals surface area contributed by atoms with Crippen LogP contribution in [0.1, 0.15) is 13.8 Å². The molecular weight excluding hydrogens is 266 g/mol. The minimum atomic E-state index is -0.0693. The molecule has 1 amide bonds. The molecular formula is C16H27N3O2. The van der Waals surface area contributed by atoms with E-state index in [1.54, 1.807) is 7.11 Å². The lowest BCUT2D eigenvalue weighted by molar-refractivity contribution is -0.115. The minimum absolute atomic E-state index is 0.0693. The highest BCUT2D eigenvalue weighted by Gasteiger charge is 2.18. The number of ether oxygens (including phenoxy) is 1. The Morgan fingerprint density at radius 1 is 1.29 bits per heavy atom. The monoisotopic (exact) mass is 293 g/mol. The van der Waals surface area contributed by atoms with Crippen LogP contribution in [0, 0.1) is 5.41 Å². The maximum atomic E-state index is 11.9. The van der Waals surface area contributed by atoms with Gasteiger partial charge < -0.3 is 20.3 Å². The number of hydrogen-bond acceptors (Lipinski definition) is 4. The Labute approximate surface area is 127 Å². The molecule has 0 spiro atoms. The van der Waals surface area contributed by atoms with E-state index < -0.39 is 0 Å². The molecule has 5 nitrogen and oxygen atoms in total. The molecule has 0 atom stereocenters. The second kappa shape index (κ2) is 8.00. The number of rotatable bonds is 8. The van der Waals surface area contributed by atoms with E-state index in [0.29, 0.717) is 11.4 Å². The van der Waals surface area contributed by atoms with E-state index in [4.69, 9.17) is 4.74 Å². The molecule has 0 fully saturated rings. The number of para-hydroxylation sites is 2. The predicted octanol–water partition coefficient (Wildman–Crippen LogP) is 1.81. The van der Waals surface area contributed by atoms with Crippen molar-refractivity contribution in [1.82, 2.24) is 10.2 Å². The van der Waals surface area contributed by atoms with Crippen LogP contribution >= 0.6 is 0 Å². The van der Waals surface area contributed by atoms with Gasteiger partial charge in [-0.1, -0.05) is 26.0 Å². The molecule has 1 aromatic rings. The summed E-state index contributed by atoms with van der Waals surface area (Å²) in [5.41, 5.74) is 0.813. The van der Waals surface area contributed by atoms with Crippen LogP contribution in [0.25, 0.3) is 0 Å². The van der Waals surface area contributed by atoms with E-state index in [2.05, 4.69) is 43.5 Å². The third kappa shape index (κ3) is 6.60. The molecule has 0 saturated carbocycles. The predicted molar refractivity (Wildman–Crippen MR) is 86.8 cm³/mol. The zero-order chi connectivity index (χ0) is 15.9. The van der Waals surface area contributed by atoms with Gasteiger partial charge in [0.2, 0.25) is 5.91 Å². The van der Waals surface area contributed by atoms with E-state index >= 15 is 0 Å². The largest absolute Gasteiger partial charge is 0.495 e. The van der Waals surface area contributed by atoms with Gasteiger partial charge in [0.25, 0.3) is 0 Å². The highest BCUT2D eigenvalue weighted by molar-refractivity contribution is 5.93. The van der Waals surface area contributed by atoms with Gasteiger partial charge in [-0.2, -0.15) is 0 Å². The second-order valence-electron chi connectivity index (χ2n) is 6.25. The molecule has 0 saturated heterocycles. The molecule has 1 aromatic carbocycles. The van der Waals surface area contributed by atoms with E-state index in [1.807, 2.05) is 24.3 Å². The SMILES string of the molecule is COc1ccccc1NC(=O)CNCC(C)(C)CN(C)C. The van der Waals surface area contributed by atoms with Crippen molar-refractivity contribution in [3.8, 4) is 5.75 Å². The average molecular weight is 293 g/mol. The normalized spacial score (nSPS) is 11.5. The molecule has 0 aliphatic heterocycles. The lowest BCUT2D eigenvalue weighted by atomic mass is 9.93. The zero-order valence-corrected chi connectivity index (χ0v) is 13.7. The van der Waals surface area contributed by atoms with Crippen LogP contribution in [0.2, 0.25) is 0 Å². The molecule has 21 heavy (non-hydrogen) atoms. The first kappa shape index (κ1) is 17.5. The van der Waals surface area contributed by atoms with Crippen LogP contribution in [0.3, 0.4) is 0 Å². The Balaban J connectivity index is 2.41. The standard InChI is InChI=1S/C16H27N3O2/c1-16(2,12-19(3)4)11-17-10-15(20)18-13-8-6-7-9-14(13)21-5/h6-9,17H,10-12H2,1-5H3,(H,18,20). The molecule has 0 radical (unpaired) electrons. The first-order valence-electron chi connectivity index (χ1n) is 7.12. The Morgan fingerprint density at radius 3 is 2.57 bits per heavy atom. The van der Waals surface area contributed by atoms with E-state index in [0.717, 1.165) is 13.1 Å². The van der Waals surface area contributed by atoms with Crippen molar-refractivity contribution < 1.29 is 9.53 Å². The fourth-order valence-electron chi connectivity index (χ4n) is 2.37. The summed E-state index contributed by atoms with van der Waals surface area (Å²) in [5, 5.41) is 6.06. The summed E-state index contributed by atoms with van der Waals surface area (Å²) < 4.78 is 5.21. The molecule has 0 unspecified atom stereocenters. The Morgan fingerprint density at radius 2 is 1.95 bits per heavy atom. The highest BCUT2D eigenvalue weighted by Crippen LogP contribution is 2.22. The van der Waals surface area contributed by atoms with Gasteiger partial charge in [0.15, 0.2) is 0 Å². The van der Waals surface area contributed by atoms with Crippen LogP contribution in [0.5, 0.6) is 5.75 Å². The van der Waals surface area contributed by atoms with Crippen LogP contribution in [-0.2, 0) is 4.79 Å². The van der Waals surface area contributed by atoms with Crippen LogP contribution in [-0.4, -0.2) is 51.6 Å². The van der Waals surface area contributed by atoms with Crippen molar-refractivity contribution in [2.75, 3.05) is 46.2 Å². The number of hydrogen-bond donors (Lipinski definition) is 2. The first-order chi connectivity index (χ1) is 9.84. The van der Waals surface area contributed by atoms with Gasteiger partial charge in [-0.25, -0.2) is 0 Å². The number of carbonyl (C=O) groups excluding carboxylic acids is 1. The smallest absolute Gasteiger partial charge is 0.238 e. The molecule has 0 aliphatic rings. The number of nitrogens with zero attached hydrogens (tertiary/aromatic N) is 1. The van der Waals surface area contributed by atoms with E-state index in [1.165, 1.54) is 0 Å². The summed E-state index contributed by atoms with van der Waals surface area (Å²) in [6, 6.07) is 7.39. The van der Waals surface area contributed by atoms with Crippen molar-refractivity contribution in [2.45, 2.75) is 13.8 Å². The fourth-order valence-corrected chi connectivity index (χ4v) is 2.37. The molecule has 0 aliphatic carbocycles. The van der Waals surface area contributed by atoms with Crippen molar-refractivity contribution in [1.29, 1.82) is 0 Å². The summed E-state index contributed by atoms with van der Waals surface area (Å²) in [6.07, 6.45) is 0. The number of nitrogens with one attached hydrogen (secondary N) is 2. The number of amides is 1. The van der Waals surface area contributed by atoms with Crippen molar-refractivity contribution in [2.24, 2.45) is 5.41 Å². The van der Waals surface area contributed by atoms with Crippen molar-refractivity contribution in [3.63, 3.8) is 0 Å². The molecule has 0 aromatic heterocycles. The van der Waals surface area contributed by atoms with Gasteiger partial charge in [-0.05, 0) is 31.6 Å². The summed E-state index contributed by atoms with van der Waals surface area (Å²) in [5.74, 6) is 0.596. The lowest BCUT2D eigenvalue weighted by Crippen LogP contribution is -2.40. The second-order valence-corrected chi connectivity index (χ2v) is 6.25. The fraction of sp³-hybridized carbons (Fsp3) is 0.562. The quantitative estimate of drug-likeness (QED) is 0.767. The number of benzene rings is 1. The Bertz CT molecular complexity index is 459. The maximum Gasteiger partial charge on any atom is 0.238 e. The topological polar surface area (TPSA) is 53.6 Å². The molecule has 0 heterocycles. The van der Waals surface area contributed by atoms with E-state index in [-0.39, 0.29) is 17.9 Å². The van der Waals surface area contributed by atoms with Gasteiger partial charge in [-0.3, -0.25) is 4.79 Å². The summed E-state index contributed by atoms with van der Waals surface area (Å²) in [4.78, 5) is 14.1. The van der Waals surface area contributed by atoms with Crippen LogP contribution in [0.15, 0.2) is 24.3 Å². The molecule has 118 valence electrons. The van der Waals surface area contributed by atoms with Gasteiger partial charge in [0.05, 0.1) is 19.3 Å². The highest BCUT2D eigenvalue weighted by atomic mass is 16.5. The van der Waals surface area contributed by atoms with Gasteiger partial charge in [-0.15, -0.1) is 0 Å². The molecule has 1 rings (SSSR count).